The zero-order chi connectivity index (χ0) is 29.9. The Hall–Kier alpha value is -4.70. The zero-order valence-electron chi connectivity index (χ0n) is 22.4. The van der Waals surface area contributed by atoms with Gasteiger partial charge in [-0.3, -0.25) is 20.0 Å². The van der Waals surface area contributed by atoms with Crippen molar-refractivity contribution in [2.45, 2.75) is 6.18 Å². The van der Waals surface area contributed by atoms with Gasteiger partial charge in [-0.1, -0.05) is 0 Å². The number of rotatable bonds is 9. The number of aromatic amines is 1. The quantitative estimate of drug-likeness (QED) is 0.276. The van der Waals surface area contributed by atoms with Gasteiger partial charge in [0.2, 0.25) is 17.8 Å². The number of hydrogen-bond donors (Lipinski definition) is 2. The van der Waals surface area contributed by atoms with E-state index < -0.39 is 23.6 Å². The molecule has 1 aliphatic rings. The van der Waals surface area contributed by atoms with E-state index in [1.54, 1.807) is 18.2 Å². The zero-order valence-corrected chi connectivity index (χ0v) is 22.4. The van der Waals surface area contributed by atoms with Crippen molar-refractivity contribution in [2.24, 2.45) is 0 Å². The predicted octanol–water partition coefficient (Wildman–Crippen LogP) is 2.81. The molecule has 1 saturated heterocycles. The summed E-state index contributed by atoms with van der Waals surface area (Å²) in [6.07, 6.45) is -5.28. The Bertz CT molecular complexity index is 1670. The summed E-state index contributed by atoms with van der Waals surface area (Å²) in [6.45, 7) is 4.16. The lowest BCUT2D eigenvalue weighted by Crippen LogP contribution is -2.38. The summed E-state index contributed by atoms with van der Waals surface area (Å²) in [6, 6.07) is 7.45. The van der Waals surface area contributed by atoms with Gasteiger partial charge in [-0.25, -0.2) is 14.8 Å². The number of esters is 1. The number of hydrogen-bond acceptors (Lipinski definition) is 12. The predicted molar refractivity (Wildman–Crippen MR) is 143 cm³/mol. The Kier molecular flexibility index (Phi) is 8.26. The maximum absolute atomic E-state index is 13.0. The Morgan fingerprint density at radius 2 is 1.76 bits per heavy atom. The maximum atomic E-state index is 13.0. The van der Waals surface area contributed by atoms with Crippen molar-refractivity contribution in [2.75, 3.05) is 59.0 Å². The number of halogens is 3. The summed E-state index contributed by atoms with van der Waals surface area (Å²) in [7, 11) is 2.68. The highest BCUT2D eigenvalue weighted by Crippen LogP contribution is 2.36. The first-order valence-electron chi connectivity index (χ1n) is 12.6. The number of benzene rings is 2. The number of ether oxygens (including phenoxy) is 5. The number of carbonyl (C=O) groups is 1. The number of anilines is 2. The summed E-state index contributed by atoms with van der Waals surface area (Å²) in [5, 5.41) is 2.84. The van der Waals surface area contributed by atoms with E-state index in [2.05, 4.69) is 34.9 Å². The van der Waals surface area contributed by atoms with Gasteiger partial charge in [-0.05, 0) is 24.3 Å². The summed E-state index contributed by atoms with van der Waals surface area (Å²) in [5.41, 5.74) is -0.160. The first-order valence-corrected chi connectivity index (χ1v) is 12.6. The fourth-order valence-electron chi connectivity index (χ4n) is 4.20. The second-order valence-electron chi connectivity index (χ2n) is 8.98. The lowest BCUT2D eigenvalue weighted by molar-refractivity contribution is -0.189. The SMILES string of the molecule is COc1cc2nc(Nc3nc4ccc(OCCN5CCOCC5)cc4c(=O)[nH]3)nc(OC(=O)C(F)(F)F)c2cc1OC. The van der Waals surface area contributed by atoms with E-state index in [-0.39, 0.29) is 39.7 Å². The lowest BCUT2D eigenvalue weighted by atomic mass is 10.2. The molecule has 1 fully saturated rings. The molecule has 0 bridgehead atoms. The average Bonchev–Trinajstić information content (AvgIpc) is 2.97. The average molecular weight is 591 g/mol. The molecule has 0 spiro atoms. The fraction of sp³-hybridized carbons (Fsp3) is 0.346. The molecule has 13 nitrogen and oxygen atoms in total. The van der Waals surface area contributed by atoms with E-state index >= 15 is 0 Å². The van der Waals surface area contributed by atoms with Crippen molar-refractivity contribution in [3.05, 3.63) is 40.7 Å². The van der Waals surface area contributed by atoms with Crippen molar-refractivity contribution >= 4 is 39.7 Å². The van der Waals surface area contributed by atoms with Crippen molar-refractivity contribution in [3.63, 3.8) is 0 Å². The van der Waals surface area contributed by atoms with Crippen LogP contribution in [0.15, 0.2) is 35.1 Å². The molecule has 2 N–H and O–H groups in total. The molecule has 2 aromatic carbocycles. The van der Waals surface area contributed by atoms with Crippen LogP contribution in [-0.2, 0) is 9.53 Å². The van der Waals surface area contributed by atoms with Crippen LogP contribution >= 0.6 is 0 Å². The molecule has 1 aliphatic heterocycles. The van der Waals surface area contributed by atoms with Crippen LogP contribution in [0, 0.1) is 0 Å². The van der Waals surface area contributed by atoms with Gasteiger partial charge in [0.1, 0.15) is 12.4 Å². The van der Waals surface area contributed by atoms with Crippen LogP contribution < -0.4 is 29.8 Å². The normalized spacial score (nSPS) is 14.1. The number of morpholine rings is 1. The smallest absolute Gasteiger partial charge is 0.491 e. The number of carbonyl (C=O) groups excluding carboxylic acids is 1. The van der Waals surface area contributed by atoms with Gasteiger partial charge in [-0.2, -0.15) is 18.2 Å². The molecule has 3 heterocycles. The lowest BCUT2D eigenvalue weighted by Gasteiger charge is -2.26. The Morgan fingerprint density at radius 1 is 1.02 bits per heavy atom. The molecule has 2 aromatic heterocycles. The van der Waals surface area contributed by atoms with Crippen LogP contribution in [0.1, 0.15) is 0 Å². The second-order valence-corrected chi connectivity index (χ2v) is 8.98. The molecule has 0 saturated carbocycles. The van der Waals surface area contributed by atoms with E-state index in [0.29, 0.717) is 37.6 Å². The fourth-order valence-corrected chi connectivity index (χ4v) is 4.20. The number of nitrogens with zero attached hydrogens (tertiary/aromatic N) is 4. The van der Waals surface area contributed by atoms with E-state index in [1.807, 2.05) is 0 Å². The molecular formula is C26H25F3N6O7. The van der Waals surface area contributed by atoms with Gasteiger partial charge in [0.15, 0.2) is 11.5 Å². The highest BCUT2D eigenvalue weighted by Gasteiger charge is 2.42. The summed E-state index contributed by atoms with van der Waals surface area (Å²) in [4.78, 5) is 41.8. The molecule has 0 radical (unpaired) electrons. The minimum atomic E-state index is -5.28. The highest BCUT2D eigenvalue weighted by molar-refractivity contribution is 5.91. The third-order valence-electron chi connectivity index (χ3n) is 6.27. The van der Waals surface area contributed by atoms with Gasteiger partial charge >= 0.3 is 12.1 Å². The minimum Gasteiger partial charge on any atom is -0.493 e. The van der Waals surface area contributed by atoms with E-state index in [9.17, 15) is 22.8 Å². The minimum absolute atomic E-state index is 0.0529. The summed E-state index contributed by atoms with van der Waals surface area (Å²) in [5.74, 6) is -2.77. The van der Waals surface area contributed by atoms with Crippen molar-refractivity contribution in [1.82, 2.24) is 24.8 Å². The van der Waals surface area contributed by atoms with Gasteiger partial charge in [-0.15, -0.1) is 0 Å². The van der Waals surface area contributed by atoms with Gasteiger partial charge < -0.3 is 23.7 Å². The highest BCUT2D eigenvalue weighted by atomic mass is 19.4. The van der Waals surface area contributed by atoms with Crippen LogP contribution in [0.5, 0.6) is 23.1 Å². The second kappa shape index (κ2) is 12.0. The molecule has 0 atom stereocenters. The summed E-state index contributed by atoms with van der Waals surface area (Å²) >= 11 is 0. The maximum Gasteiger partial charge on any atom is 0.491 e. The number of fused-ring (bicyclic) bond motifs is 2. The first kappa shape index (κ1) is 28.8. The van der Waals surface area contributed by atoms with E-state index in [0.717, 1.165) is 13.1 Å². The van der Waals surface area contributed by atoms with Gasteiger partial charge in [0.05, 0.1) is 49.2 Å². The van der Waals surface area contributed by atoms with Gasteiger partial charge in [0, 0.05) is 25.7 Å². The topological polar surface area (TPSA) is 150 Å². The van der Waals surface area contributed by atoms with Crippen molar-refractivity contribution in [1.29, 1.82) is 0 Å². The van der Waals surface area contributed by atoms with Crippen LogP contribution in [-0.4, -0.2) is 90.7 Å². The third-order valence-corrected chi connectivity index (χ3v) is 6.27. The molecule has 4 aromatic rings. The molecule has 16 heteroatoms. The molecule has 42 heavy (non-hydrogen) atoms. The number of alkyl halides is 3. The van der Waals surface area contributed by atoms with Crippen LogP contribution in [0.3, 0.4) is 0 Å². The number of methoxy groups -OCH3 is 2. The van der Waals surface area contributed by atoms with E-state index in [1.165, 1.54) is 26.4 Å². The van der Waals surface area contributed by atoms with E-state index in [4.69, 9.17) is 18.9 Å². The molecule has 0 amide bonds. The summed E-state index contributed by atoms with van der Waals surface area (Å²) < 4.78 is 65.0. The van der Waals surface area contributed by atoms with Gasteiger partial charge in [0.25, 0.3) is 5.56 Å². The molecular weight excluding hydrogens is 565 g/mol. The Morgan fingerprint density at radius 3 is 2.48 bits per heavy atom. The molecule has 222 valence electrons. The molecule has 5 rings (SSSR count). The monoisotopic (exact) mass is 590 g/mol. The number of H-pyrrole nitrogens is 1. The van der Waals surface area contributed by atoms with Crippen molar-refractivity contribution in [3.8, 4) is 23.1 Å². The first-order chi connectivity index (χ1) is 20.1. The van der Waals surface area contributed by atoms with Crippen LogP contribution in [0.2, 0.25) is 0 Å². The largest absolute Gasteiger partial charge is 0.493 e. The standard InChI is InChI=1S/C26H25F3N6O7/c1-38-19-12-16-18(13-20(19)39-2)31-25(33-22(16)42-23(37)26(27,28)29)34-24-30-17-4-3-14(11-15(17)21(36)32-24)41-10-7-35-5-8-40-9-6-35/h3-4,11-13H,5-10H2,1-2H3,(H2,30,31,32,33,34,36). The number of aromatic nitrogens is 4. The number of nitrogens with one attached hydrogen (secondary N) is 2. The molecule has 0 unspecified atom stereocenters. The van der Waals surface area contributed by atoms with Crippen molar-refractivity contribution < 1.29 is 41.7 Å². The third kappa shape index (κ3) is 6.44. The Balaban J connectivity index is 1.42. The van der Waals surface area contributed by atoms with Crippen LogP contribution in [0.25, 0.3) is 21.8 Å². The Labute approximate surface area is 235 Å². The van der Waals surface area contributed by atoms with Crippen LogP contribution in [0.4, 0.5) is 25.1 Å². The molecule has 0 aliphatic carbocycles.